The number of halogens is 1. The largest absolute Gasteiger partial charge is 0.489 e. The number of carbonyl (C=O) groups is 1. The topological polar surface area (TPSA) is 40.5 Å². The maximum absolute atomic E-state index is 13.1. The van der Waals surface area contributed by atoms with Crippen LogP contribution in [0.2, 0.25) is 5.02 Å². The molecular formula is C27H22ClNO3. The number of rotatable bonds is 5. The summed E-state index contributed by atoms with van der Waals surface area (Å²) in [5, 5.41) is 1.76. The van der Waals surface area contributed by atoms with Gasteiger partial charge in [-0.25, -0.2) is 0 Å². The van der Waals surface area contributed by atoms with E-state index in [0.29, 0.717) is 34.5 Å². The Bertz CT molecular complexity index is 1380. The van der Waals surface area contributed by atoms with Crippen LogP contribution >= 0.6 is 11.6 Å². The van der Waals surface area contributed by atoms with E-state index in [9.17, 15) is 4.79 Å². The lowest BCUT2D eigenvalue weighted by molar-refractivity contribution is 0.101. The van der Waals surface area contributed by atoms with E-state index in [1.54, 1.807) is 6.07 Å². The second-order valence-corrected chi connectivity index (χ2v) is 8.30. The van der Waals surface area contributed by atoms with Crippen molar-refractivity contribution >= 4 is 34.4 Å². The number of fused-ring (bicyclic) bond motifs is 2. The van der Waals surface area contributed by atoms with Crippen LogP contribution in [0, 0.1) is 6.92 Å². The van der Waals surface area contributed by atoms with Crippen molar-refractivity contribution in [2.24, 2.45) is 0 Å². The van der Waals surface area contributed by atoms with Crippen molar-refractivity contribution in [2.75, 3.05) is 0 Å². The molecule has 0 saturated carbocycles. The van der Waals surface area contributed by atoms with Crippen molar-refractivity contribution in [3.63, 3.8) is 0 Å². The molecule has 0 spiro atoms. The smallest absolute Gasteiger partial charge is 0.232 e. The van der Waals surface area contributed by atoms with Crippen molar-refractivity contribution in [1.29, 1.82) is 0 Å². The molecule has 1 aliphatic heterocycles. The highest BCUT2D eigenvalue weighted by Crippen LogP contribution is 2.38. The number of aromatic nitrogens is 1. The number of allylic oxidation sites excluding steroid dienone is 1. The molecule has 32 heavy (non-hydrogen) atoms. The van der Waals surface area contributed by atoms with Gasteiger partial charge in [0.15, 0.2) is 5.76 Å². The highest BCUT2D eigenvalue weighted by Gasteiger charge is 2.30. The SMILES string of the molecule is CCn1cc(/C=C2\Oc3cc(OCc4cccc(Cl)c4)cc(C)c3C2=O)c2ccccc21. The second kappa shape index (κ2) is 8.21. The number of nitrogens with zero attached hydrogens (tertiary/aromatic N) is 1. The van der Waals surface area contributed by atoms with Gasteiger partial charge in [0.25, 0.3) is 0 Å². The average molecular weight is 444 g/mol. The number of hydrogen-bond acceptors (Lipinski definition) is 3. The van der Waals surface area contributed by atoms with Crippen LogP contribution in [0.4, 0.5) is 0 Å². The number of ketones is 1. The van der Waals surface area contributed by atoms with Crippen molar-refractivity contribution in [3.05, 3.63) is 99.9 Å². The molecule has 0 saturated heterocycles. The number of para-hydroxylation sites is 1. The molecule has 4 nitrogen and oxygen atoms in total. The Labute approximate surface area is 191 Å². The molecule has 0 amide bonds. The summed E-state index contributed by atoms with van der Waals surface area (Å²) in [4.78, 5) is 13.1. The van der Waals surface area contributed by atoms with Gasteiger partial charge in [0.1, 0.15) is 18.1 Å². The molecule has 5 rings (SSSR count). The van der Waals surface area contributed by atoms with Crippen molar-refractivity contribution in [3.8, 4) is 11.5 Å². The monoisotopic (exact) mass is 443 g/mol. The van der Waals surface area contributed by atoms with Gasteiger partial charge in [-0.2, -0.15) is 0 Å². The molecule has 4 aromatic rings. The first-order valence-electron chi connectivity index (χ1n) is 10.6. The molecule has 0 aliphatic carbocycles. The molecule has 1 aromatic heterocycles. The molecule has 0 radical (unpaired) electrons. The zero-order valence-corrected chi connectivity index (χ0v) is 18.6. The van der Waals surface area contributed by atoms with Crippen LogP contribution in [0.1, 0.15) is 34.0 Å². The summed E-state index contributed by atoms with van der Waals surface area (Å²) in [6, 6.07) is 19.4. The Kier molecular flexibility index (Phi) is 5.24. The summed E-state index contributed by atoms with van der Waals surface area (Å²) in [6.45, 7) is 5.24. The number of carbonyl (C=O) groups excluding carboxylic acids is 1. The molecule has 0 fully saturated rings. The average Bonchev–Trinajstić information content (AvgIpc) is 3.30. The van der Waals surface area contributed by atoms with Crippen molar-refractivity contribution in [2.45, 2.75) is 27.0 Å². The van der Waals surface area contributed by atoms with Crippen LogP contribution in [0.5, 0.6) is 11.5 Å². The first kappa shape index (κ1) is 20.4. The van der Waals surface area contributed by atoms with E-state index < -0.39 is 0 Å². The normalized spacial score (nSPS) is 14.1. The molecule has 0 N–H and O–H groups in total. The third kappa shape index (κ3) is 3.67. The molecule has 3 aromatic carbocycles. The fourth-order valence-corrected chi connectivity index (χ4v) is 4.36. The van der Waals surface area contributed by atoms with Crippen LogP contribution in [-0.2, 0) is 13.2 Å². The zero-order valence-electron chi connectivity index (χ0n) is 17.9. The first-order chi connectivity index (χ1) is 15.5. The van der Waals surface area contributed by atoms with Gasteiger partial charge in [-0.15, -0.1) is 0 Å². The maximum atomic E-state index is 13.1. The third-order valence-electron chi connectivity index (χ3n) is 5.68. The van der Waals surface area contributed by atoms with Gasteiger partial charge in [-0.3, -0.25) is 4.79 Å². The molecule has 5 heteroatoms. The van der Waals surface area contributed by atoms with E-state index in [2.05, 4.69) is 29.8 Å². The van der Waals surface area contributed by atoms with Crippen LogP contribution < -0.4 is 9.47 Å². The summed E-state index contributed by atoms with van der Waals surface area (Å²) in [5.74, 6) is 1.40. The van der Waals surface area contributed by atoms with Gasteiger partial charge in [0, 0.05) is 40.3 Å². The summed E-state index contributed by atoms with van der Waals surface area (Å²) >= 11 is 6.05. The molecule has 2 heterocycles. The highest BCUT2D eigenvalue weighted by atomic mass is 35.5. The molecule has 0 atom stereocenters. The second-order valence-electron chi connectivity index (χ2n) is 7.86. The Morgan fingerprint density at radius 1 is 1.09 bits per heavy atom. The van der Waals surface area contributed by atoms with Gasteiger partial charge in [-0.1, -0.05) is 41.9 Å². The van der Waals surface area contributed by atoms with E-state index >= 15 is 0 Å². The summed E-state index contributed by atoms with van der Waals surface area (Å²) < 4.78 is 14.1. The predicted molar refractivity (Wildman–Crippen MR) is 128 cm³/mol. The zero-order chi connectivity index (χ0) is 22.2. The van der Waals surface area contributed by atoms with Crippen LogP contribution in [0.15, 0.2) is 72.6 Å². The number of aryl methyl sites for hydroxylation is 2. The van der Waals surface area contributed by atoms with Gasteiger partial charge in [-0.05, 0) is 55.3 Å². The highest BCUT2D eigenvalue weighted by molar-refractivity contribution is 6.30. The lowest BCUT2D eigenvalue weighted by Gasteiger charge is -2.09. The van der Waals surface area contributed by atoms with Crippen LogP contribution in [-0.4, -0.2) is 10.4 Å². The number of benzene rings is 3. The van der Waals surface area contributed by atoms with E-state index in [1.165, 1.54) is 0 Å². The predicted octanol–water partition coefficient (Wildman–Crippen LogP) is 6.82. The molecule has 0 unspecified atom stereocenters. The minimum atomic E-state index is -0.104. The summed E-state index contributed by atoms with van der Waals surface area (Å²) in [5.41, 5.74) is 4.49. The Morgan fingerprint density at radius 3 is 2.75 bits per heavy atom. The van der Waals surface area contributed by atoms with E-state index in [0.717, 1.165) is 34.1 Å². The van der Waals surface area contributed by atoms with Crippen molar-refractivity contribution < 1.29 is 14.3 Å². The van der Waals surface area contributed by atoms with E-state index in [-0.39, 0.29) is 5.78 Å². The lowest BCUT2D eigenvalue weighted by atomic mass is 10.0. The Balaban J connectivity index is 1.44. The number of ether oxygens (including phenoxy) is 2. The van der Waals surface area contributed by atoms with Gasteiger partial charge in [0.05, 0.1) is 5.56 Å². The standard InChI is InChI=1S/C27H22ClNO3/c1-3-29-15-19(22-9-4-5-10-23(22)29)13-25-27(30)26-17(2)11-21(14-24(26)32-25)31-16-18-7-6-8-20(28)12-18/h4-15H,3,16H2,1-2H3/b25-13-. The lowest BCUT2D eigenvalue weighted by Crippen LogP contribution is -2.00. The van der Waals surface area contributed by atoms with E-state index in [1.807, 2.05) is 55.5 Å². The van der Waals surface area contributed by atoms with Gasteiger partial charge in [0.2, 0.25) is 5.78 Å². The molecule has 160 valence electrons. The van der Waals surface area contributed by atoms with Crippen LogP contribution in [0.3, 0.4) is 0 Å². The Hall–Kier alpha value is -3.50. The van der Waals surface area contributed by atoms with E-state index in [4.69, 9.17) is 21.1 Å². The quantitative estimate of drug-likeness (QED) is 0.318. The Morgan fingerprint density at radius 2 is 1.94 bits per heavy atom. The first-order valence-corrected chi connectivity index (χ1v) is 11.0. The molecular weight excluding hydrogens is 422 g/mol. The number of hydrogen-bond donors (Lipinski definition) is 0. The van der Waals surface area contributed by atoms with Gasteiger partial charge >= 0.3 is 0 Å². The fourth-order valence-electron chi connectivity index (χ4n) is 4.15. The molecule has 0 bridgehead atoms. The van der Waals surface area contributed by atoms with Crippen molar-refractivity contribution in [1.82, 2.24) is 4.57 Å². The number of Topliss-reactive ketones (excluding diaryl/α,β-unsaturated/α-hetero) is 1. The fraction of sp³-hybridized carbons (Fsp3) is 0.148. The maximum Gasteiger partial charge on any atom is 0.232 e. The minimum Gasteiger partial charge on any atom is -0.489 e. The summed E-state index contributed by atoms with van der Waals surface area (Å²) in [6.07, 6.45) is 3.90. The van der Waals surface area contributed by atoms with Gasteiger partial charge < -0.3 is 14.0 Å². The summed E-state index contributed by atoms with van der Waals surface area (Å²) in [7, 11) is 0. The minimum absolute atomic E-state index is 0.104. The molecule has 1 aliphatic rings. The third-order valence-corrected chi connectivity index (χ3v) is 5.92. The van der Waals surface area contributed by atoms with Crippen LogP contribution in [0.25, 0.3) is 17.0 Å².